The number of aliphatic hydroxyl groups excluding tert-OH is 1. The number of benzene rings is 1. The summed E-state index contributed by atoms with van der Waals surface area (Å²) in [5.41, 5.74) is 1.21. The summed E-state index contributed by atoms with van der Waals surface area (Å²) in [7, 11) is 0. The first-order valence-corrected chi connectivity index (χ1v) is 6.44. The molecule has 0 unspecified atom stereocenters. The van der Waals surface area contributed by atoms with E-state index in [0.29, 0.717) is 5.75 Å². The van der Waals surface area contributed by atoms with Crippen LogP contribution in [0.4, 0.5) is 0 Å². The minimum Gasteiger partial charge on any atom is -0.468 e. The van der Waals surface area contributed by atoms with E-state index in [-0.39, 0.29) is 13.1 Å². The van der Waals surface area contributed by atoms with Crippen molar-refractivity contribution in [1.29, 1.82) is 0 Å². The van der Waals surface area contributed by atoms with Crippen LogP contribution in [0.2, 0.25) is 0 Å². The minimum absolute atomic E-state index is 0.0318. The van der Waals surface area contributed by atoms with E-state index in [1.165, 1.54) is 5.56 Å². The van der Waals surface area contributed by atoms with Crippen LogP contribution in [0, 0.1) is 0 Å². The van der Waals surface area contributed by atoms with Crippen molar-refractivity contribution in [2.24, 2.45) is 0 Å². The van der Waals surface area contributed by atoms with E-state index in [9.17, 15) is 0 Å². The maximum Gasteiger partial charge on any atom is 0.186 e. The highest BCUT2D eigenvalue weighted by atomic mass is 16.7. The van der Waals surface area contributed by atoms with E-state index >= 15 is 0 Å². The van der Waals surface area contributed by atoms with Gasteiger partial charge in [0.1, 0.15) is 5.75 Å². The maximum absolute atomic E-state index is 8.70. The predicted octanol–water partition coefficient (Wildman–Crippen LogP) is 2.10. The summed E-state index contributed by atoms with van der Waals surface area (Å²) in [5.74, 6) is 0.708. The zero-order valence-electron chi connectivity index (χ0n) is 10.5. The molecule has 1 saturated heterocycles. The van der Waals surface area contributed by atoms with Crippen molar-refractivity contribution in [2.75, 3.05) is 20.0 Å². The molecule has 0 aromatic heterocycles. The van der Waals surface area contributed by atoms with Crippen LogP contribution < -0.4 is 4.74 Å². The predicted molar refractivity (Wildman–Crippen MR) is 67.4 cm³/mol. The molecule has 0 atom stereocenters. The van der Waals surface area contributed by atoms with Gasteiger partial charge in [-0.25, -0.2) is 0 Å². The third kappa shape index (κ3) is 4.29. The van der Waals surface area contributed by atoms with Crippen LogP contribution >= 0.6 is 0 Å². The van der Waals surface area contributed by atoms with Crippen molar-refractivity contribution in [2.45, 2.75) is 32.0 Å². The molecule has 100 valence electrons. The maximum atomic E-state index is 8.70. The Morgan fingerprint density at radius 3 is 2.89 bits per heavy atom. The van der Waals surface area contributed by atoms with Crippen LogP contribution in [0.25, 0.3) is 0 Å². The van der Waals surface area contributed by atoms with E-state index in [2.05, 4.69) is 6.07 Å². The lowest BCUT2D eigenvalue weighted by molar-refractivity contribution is -0.181. The lowest BCUT2D eigenvalue weighted by Gasteiger charge is -2.23. The first kappa shape index (κ1) is 13.3. The second kappa shape index (κ2) is 7.36. The van der Waals surface area contributed by atoms with E-state index in [1.54, 1.807) is 0 Å². The van der Waals surface area contributed by atoms with Crippen LogP contribution in [-0.2, 0) is 15.9 Å². The molecule has 0 aliphatic carbocycles. The molecule has 1 aromatic rings. The van der Waals surface area contributed by atoms with Crippen LogP contribution in [-0.4, -0.2) is 31.4 Å². The molecule has 18 heavy (non-hydrogen) atoms. The van der Waals surface area contributed by atoms with E-state index in [4.69, 9.17) is 19.3 Å². The molecule has 0 spiro atoms. The van der Waals surface area contributed by atoms with Crippen LogP contribution in [0.5, 0.6) is 5.75 Å². The Morgan fingerprint density at radius 2 is 2.11 bits per heavy atom. The molecular formula is C14H20O4. The average molecular weight is 252 g/mol. The lowest BCUT2D eigenvalue weighted by atomic mass is 10.1. The second-order valence-electron chi connectivity index (χ2n) is 4.34. The Kier molecular flexibility index (Phi) is 5.45. The van der Waals surface area contributed by atoms with Crippen LogP contribution in [0.15, 0.2) is 24.3 Å². The van der Waals surface area contributed by atoms with Crippen molar-refractivity contribution in [3.63, 3.8) is 0 Å². The van der Waals surface area contributed by atoms with Crippen molar-refractivity contribution in [3.05, 3.63) is 29.8 Å². The quantitative estimate of drug-likeness (QED) is 0.788. The summed E-state index contributed by atoms with van der Waals surface area (Å²) in [6.45, 7) is 1.34. The third-order valence-corrected chi connectivity index (χ3v) is 2.93. The minimum atomic E-state index is -0.285. The number of rotatable bonds is 6. The molecule has 1 aliphatic rings. The molecule has 0 amide bonds. The Labute approximate surface area is 107 Å². The molecule has 1 heterocycles. The number of aliphatic hydroxyl groups is 1. The summed E-state index contributed by atoms with van der Waals surface area (Å²) in [5, 5.41) is 8.70. The van der Waals surface area contributed by atoms with Crippen molar-refractivity contribution >= 4 is 0 Å². The summed E-state index contributed by atoms with van der Waals surface area (Å²) < 4.78 is 16.0. The molecular weight excluding hydrogens is 232 g/mol. The van der Waals surface area contributed by atoms with Gasteiger partial charge in [-0.3, -0.25) is 0 Å². The van der Waals surface area contributed by atoms with Crippen molar-refractivity contribution in [3.8, 4) is 5.75 Å². The zero-order chi connectivity index (χ0) is 12.6. The molecule has 1 aliphatic heterocycles. The highest BCUT2D eigenvalue weighted by Crippen LogP contribution is 2.17. The Balaban J connectivity index is 1.73. The summed E-state index contributed by atoms with van der Waals surface area (Å²) in [4.78, 5) is 0. The third-order valence-electron chi connectivity index (χ3n) is 2.93. The largest absolute Gasteiger partial charge is 0.468 e. The SMILES string of the molecule is OCOc1cccc(CCCC2OCCCO2)c1. The normalized spacial score (nSPS) is 16.7. The standard InChI is InChI=1S/C14H20O4/c15-11-18-13-6-1-4-12(10-13)5-2-7-14-16-8-3-9-17-14/h1,4,6,10,14-15H,2-3,5,7-9,11H2. The Hall–Kier alpha value is -1.10. The Bertz CT molecular complexity index is 347. The van der Waals surface area contributed by atoms with E-state index < -0.39 is 0 Å². The van der Waals surface area contributed by atoms with Gasteiger partial charge >= 0.3 is 0 Å². The van der Waals surface area contributed by atoms with Gasteiger partial charge in [-0.1, -0.05) is 12.1 Å². The number of aryl methyl sites for hydroxylation is 1. The van der Waals surface area contributed by atoms with Gasteiger partial charge in [0.2, 0.25) is 0 Å². The van der Waals surface area contributed by atoms with E-state index in [0.717, 1.165) is 38.9 Å². The van der Waals surface area contributed by atoms with Crippen molar-refractivity contribution in [1.82, 2.24) is 0 Å². The lowest BCUT2D eigenvalue weighted by Crippen LogP contribution is -2.24. The zero-order valence-corrected chi connectivity index (χ0v) is 10.5. The van der Waals surface area contributed by atoms with Gasteiger partial charge in [0.05, 0.1) is 13.2 Å². The monoisotopic (exact) mass is 252 g/mol. The topological polar surface area (TPSA) is 47.9 Å². The molecule has 4 heteroatoms. The van der Waals surface area contributed by atoms with Crippen LogP contribution in [0.3, 0.4) is 0 Å². The average Bonchev–Trinajstić information content (AvgIpc) is 2.41. The van der Waals surface area contributed by atoms with Gasteiger partial charge in [0.15, 0.2) is 13.1 Å². The molecule has 1 aromatic carbocycles. The first-order chi connectivity index (χ1) is 8.88. The number of hydrogen-bond donors (Lipinski definition) is 1. The molecule has 0 bridgehead atoms. The van der Waals surface area contributed by atoms with Gasteiger partial charge in [0.25, 0.3) is 0 Å². The fourth-order valence-electron chi connectivity index (χ4n) is 2.04. The smallest absolute Gasteiger partial charge is 0.186 e. The summed E-state index contributed by atoms with van der Waals surface area (Å²) in [6.07, 6.45) is 3.87. The number of hydrogen-bond acceptors (Lipinski definition) is 4. The van der Waals surface area contributed by atoms with E-state index in [1.807, 2.05) is 18.2 Å². The molecule has 0 saturated carbocycles. The fourth-order valence-corrected chi connectivity index (χ4v) is 2.04. The van der Waals surface area contributed by atoms with Crippen LogP contribution in [0.1, 0.15) is 24.8 Å². The van der Waals surface area contributed by atoms with Gasteiger partial charge < -0.3 is 19.3 Å². The molecule has 1 fully saturated rings. The molecule has 4 nitrogen and oxygen atoms in total. The second-order valence-corrected chi connectivity index (χ2v) is 4.34. The molecule has 2 rings (SSSR count). The van der Waals surface area contributed by atoms with Gasteiger partial charge in [0, 0.05) is 0 Å². The Morgan fingerprint density at radius 1 is 1.28 bits per heavy atom. The summed E-state index contributed by atoms with van der Waals surface area (Å²) >= 11 is 0. The molecule has 0 radical (unpaired) electrons. The highest BCUT2D eigenvalue weighted by molar-refractivity contribution is 5.28. The van der Waals surface area contributed by atoms with Gasteiger partial charge in [-0.05, 0) is 43.4 Å². The van der Waals surface area contributed by atoms with Gasteiger partial charge in [-0.15, -0.1) is 0 Å². The number of ether oxygens (including phenoxy) is 3. The van der Waals surface area contributed by atoms with Gasteiger partial charge in [-0.2, -0.15) is 0 Å². The first-order valence-electron chi connectivity index (χ1n) is 6.44. The fraction of sp³-hybridized carbons (Fsp3) is 0.571. The summed E-state index contributed by atoms with van der Waals surface area (Å²) in [6, 6.07) is 7.80. The molecule has 1 N–H and O–H groups in total. The van der Waals surface area contributed by atoms with Crippen molar-refractivity contribution < 1.29 is 19.3 Å². The highest BCUT2D eigenvalue weighted by Gasteiger charge is 2.13.